The summed E-state index contributed by atoms with van der Waals surface area (Å²) in [4.78, 5) is 0.953. The molecule has 0 aliphatic heterocycles. The van der Waals surface area contributed by atoms with Gasteiger partial charge < -0.3 is 5.11 Å². The summed E-state index contributed by atoms with van der Waals surface area (Å²) in [5.74, 6) is 0.701. The van der Waals surface area contributed by atoms with Crippen molar-refractivity contribution in [3.63, 3.8) is 0 Å². The van der Waals surface area contributed by atoms with E-state index in [2.05, 4.69) is 0 Å². The van der Waals surface area contributed by atoms with Crippen LogP contribution in [0.25, 0.3) is 0 Å². The molecule has 1 fully saturated rings. The van der Waals surface area contributed by atoms with Crippen LogP contribution in [0.1, 0.15) is 25.7 Å². The van der Waals surface area contributed by atoms with Crippen molar-refractivity contribution >= 4 is 35.0 Å². The summed E-state index contributed by atoms with van der Waals surface area (Å²) in [6.45, 7) is 0. The van der Waals surface area contributed by atoms with E-state index in [0.717, 1.165) is 30.6 Å². The molecule has 1 N–H and O–H groups in total. The zero-order valence-corrected chi connectivity index (χ0v) is 11.2. The zero-order chi connectivity index (χ0) is 11.6. The standard InChI is InChI=1S/C12H14Cl2OS/c13-9-3-4-10(14)11(7-9)16-8-12(15)5-1-2-6-12/h3-4,7,15H,1-2,5-6,8H2. The number of rotatable bonds is 3. The van der Waals surface area contributed by atoms with Gasteiger partial charge in [-0.3, -0.25) is 0 Å². The minimum absolute atomic E-state index is 0.504. The van der Waals surface area contributed by atoms with Gasteiger partial charge in [0.2, 0.25) is 0 Å². The first-order valence-corrected chi connectivity index (χ1v) is 7.13. The summed E-state index contributed by atoms with van der Waals surface area (Å²) < 4.78 is 0. The van der Waals surface area contributed by atoms with Crippen molar-refractivity contribution in [2.24, 2.45) is 0 Å². The first kappa shape index (κ1) is 12.6. The molecule has 1 aliphatic carbocycles. The maximum absolute atomic E-state index is 10.2. The van der Waals surface area contributed by atoms with E-state index in [0.29, 0.717) is 15.8 Å². The zero-order valence-electron chi connectivity index (χ0n) is 8.88. The molecule has 88 valence electrons. The highest BCUT2D eigenvalue weighted by Crippen LogP contribution is 2.37. The SMILES string of the molecule is OC1(CSc2cc(Cl)ccc2Cl)CCCC1. The Balaban J connectivity index is 2.01. The molecule has 2 rings (SSSR count). The number of thioether (sulfide) groups is 1. The van der Waals surface area contributed by atoms with Crippen LogP contribution < -0.4 is 0 Å². The van der Waals surface area contributed by atoms with Crippen LogP contribution in [0.5, 0.6) is 0 Å². The highest BCUT2D eigenvalue weighted by Gasteiger charge is 2.31. The average molecular weight is 277 g/mol. The predicted octanol–water partition coefficient (Wildman–Crippen LogP) is 4.39. The van der Waals surface area contributed by atoms with E-state index in [1.54, 1.807) is 23.9 Å². The molecule has 0 heterocycles. The Kier molecular flexibility index (Phi) is 4.06. The highest BCUT2D eigenvalue weighted by molar-refractivity contribution is 7.99. The molecule has 16 heavy (non-hydrogen) atoms. The Morgan fingerprint density at radius 2 is 1.94 bits per heavy atom. The molecule has 1 saturated carbocycles. The van der Waals surface area contributed by atoms with Crippen molar-refractivity contribution < 1.29 is 5.11 Å². The molecule has 1 aliphatic rings. The quantitative estimate of drug-likeness (QED) is 0.827. The van der Waals surface area contributed by atoms with Crippen LogP contribution in [0, 0.1) is 0 Å². The second kappa shape index (κ2) is 5.18. The lowest BCUT2D eigenvalue weighted by atomic mass is 10.1. The van der Waals surface area contributed by atoms with Gasteiger partial charge in [-0.2, -0.15) is 0 Å². The van der Waals surface area contributed by atoms with Gasteiger partial charge in [0.05, 0.1) is 10.6 Å². The van der Waals surface area contributed by atoms with Gasteiger partial charge in [0, 0.05) is 15.7 Å². The predicted molar refractivity (Wildman–Crippen MR) is 70.6 cm³/mol. The summed E-state index contributed by atoms with van der Waals surface area (Å²) in [6, 6.07) is 5.43. The molecule has 0 aromatic heterocycles. The maximum Gasteiger partial charge on any atom is 0.0741 e. The van der Waals surface area contributed by atoms with Crippen molar-refractivity contribution in [1.29, 1.82) is 0 Å². The topological polar surface area (TPSA) is 20.2 Å². The summed E-state index contributed by atoms with van der Waals surface area (Å²) in [5.41, 5.74) is -0.504. The van der Waals surface area contributed by atoms with E-state index in [1.165, 1.54) is 0 Å². The van der Waals surface area contributed by atoms with Gasteiger partial charge in [0.25, 0.3) is 0 Å². The fraction of sp³-hybridized carbons (Fsp3) is 0.500. The molecule has 0 spiro atoms. The number of halogens is 2. The van der Waals surface area contributed by atoms with Crippen molar-refractivity contribution in [3.8, 4) is 0 Å². The van der Waals surface area contributed by atoms with Gasteiger partial charge in [0.15, 0.2) is 0 Å². The minimum Gasteiger partial charge on any atom is -0.389 e. The molecule has 0 unspecified atom stereocenters. The van der Waals surface area contributed by atoms with Gasteiger partial charge in [-0.1, -0.05) is 36.0 Å². The first-order chi connectivity index (χ1) is 7.59. The van der Waals surface area contributed by atoms with Crippen LogP contribution in [0.4, 0.5) is 0 Å². The van der Waals surface area contributed by atoms with Gasteiger partial charge in [-0.25, -0.2) is 0 Å². The largest absolute Gasteiger partial charge is 0.389 e. The fourth-order valence-corrected chi connectivity index (χ4v) is 3.62. The van der Waals surface area contributed by atoms with Crippen molar-refractivity contribution in [3.05, 3.63) is 28.2 Å². The van der Waals surface area contributed by atoms with Crippen LogP contribution in [0.15, 0.2) is 23.1 Å². The summed E-state index contributed by atoms with van der Waals surface area (Å²) in [7, 11) is 0. The smallest absolute Gasteiger partial charge is 0.0741 e. The summed E-state index contributed by atoms with van der Waals surface area (Å²) >= 11 is 13.6. The van der Waals surface area contributed by atoms with Crippen molar-refractivity contribution in [2.45, 2.75) is 36.2 Å². The summed E-state index contributed by atoms with van der Waals surface area (Å²) in [6.07, 6.45) is 4.05. The number of hydrogen-bond donors (Lipinski definition) is 1. The lowest BCUT2D eigenvalue weighted by molar-refractivity contribution is 0.0733. The van der Waals surface area contributed by atoms with Crippen LogP contribution >= 0.6 is 35.0 Å². The van der Waals surface area contributed by atoms with Gasteiger partial charge in [0.1, 0.15) is 0 Å². The molecule has 1 aromatic rings. The Hall–Kier alpha value is 0.110. The monoisotopic (exact) mass is 276 g/mol. The van der Waals surface area contributed by atoms with Gasteiger partial charge in [-0.15, -0.1) is 11.8 Å². The van der Waals surface area contributed by atoms with Crippen LogP contribution in [-0.2, 0) is 0 Å². The van der Waals surface area contributed by atoms with E-state index in [4.69, 9.17) is 23.2 Å². The van der Waals surface area contributed by atoms with Crippen LogP contribution in [-0.4, -0.2) is 16.5 Å². The Labute approximate surface area is 110 Å². The van der Waals surface area contributed by atoms with Crippen LogP contribution in [0.3, 0.4) is 0 Å². The van der Waals surface area contributed by atoms with Crippen LogP contribution in [0.2, 0.25) is 10.0 Å². The third-order valence-electron chi connectivity index (χ3n) is 2.92. The second-order valence-corrected chi connectivity index (χ2v) is 6.16. The molecule has 4 heteroatoms. The van der Waals surface area contributed by atoms with E-state index < -0.39 is 5.60 Å². The first-order valence-electron chi connectivity index (χ1n) is 5.39. The minimum atomic E-state index is -0.504. The van der Waals surface area contributed by atoms with Crippen molar-refractivity contribution in [1.82, 2.24) is 0 Å². The van der Waals surface area contributed by atoms with E-state index in [-0.39, 0.29) is 0 Å². The summed E-state index contributed by atoms with van der Waals surface area (Å²) in [5, 5.41) is 11.6. The number of benzene rings is 1. The fourth-order valence-electron chi connectivity index (χ4n) is 1.98. The lowest BCUT2D eigenvalue weighted by Gasteiger charge is -2.21. The molecule has 1 aromatic carbocycles. The molecule has 0 amide bonds. The van der Waals surface area contributed by atoms with E-state index in [9.17, 15) is 5.11 Å². The molecule has 0 atom stereocenters. The number of aliphatic hydroxyl groups is 1. The van der Waals surface area contributed by atoms with Crippen molar-refractivity contribution in [2.75, 3.05) is 5.75 Å². The third kappa shape index (κ3) is 3.07. The number of hydrogen-bond acceptors (Lipinski definition) is 2. The molecular formula is C12H14Cl2OS. The average Bonchev–Trinajstić information content (AvgIpc) is 2.67. The Morgan fingerprint density at radius 3 is 2.62 bits per heavy atom. The Morgan fingerprint density at radius 1 is 1.25 bits per heavy atom. The second-order valence-electron chi connectivity index (χ2n) is 4.29. The molecule has 0 saturated heterocycles. The highest BCUT2D eigenvalue weighted by atomic mass is 35.5. The molecular weight excluding hydrogens is 263 g/mol. The van der Waals surface area contributed by atoms with Gasteiger partial charge >= 0.3 is 0 Å². The lowest BCUT2D eigenvalue weighted by Crippen LogP contribution is -2.27. The maximum atomic E-state index is 10.2. The van der Waals surface area contributed by atoms with Gasteiger partial charge in [-0.05, 0) is 31.0 Å². The molecule has 1 nitrogen and oxygen atoms in total. The normalized spacial score (nSPS) is 18.9. The molecule has 0 radical (unpaired) electrons. The van der Waals surface area contributed by atoms with E-state index in [1.807, 2.05) is 6.07 Å². The Bertz CT molecular complexity index is 375. The third-order valence-corrected chi connectivity index (χ3v) is 4.93. The molecule has 0 bridgehead atoms. The van der Waals surface area contributed by atoms with E-state index >= 15 is 0 Å².